The number of carbonyl (C=O) groups excluding carboxylic acids is 1. The molecule has 0 fully saturated rings. The van der Waals surface area contributed by atoms with Gasteiger partial charge in [-0.1, -0.05) is 12.1 Å². The number of anilines is 1. The molecule has 0 bridgehead atoms. The van der Waals surface area contributed by atoms with E-state index in [0.29, 0.717) is 11.5 Å². The van der Waals surface area contributed by atoms with Crippen molar-refractivity contribution in [2.75, 3.05) is 5.32 Å². The van der Waals surface area contributed by atoms with Crippen molar-refractivity contribution in [3.05, 3.63) is 47.2 Å². The number of benzene rings is 1. The number of rotatable bonds is 3. The Hall–Kier alpha value is -2.54. The Morgan fingerprint density at radius 3 is 2.70 bits per heavy atom. The second-order valence-corrected chi connectivity index (χ2v) is 5.02. The highest BCUT2D eigenvalue weighted by molar-refractivity contribution is 7.13. The van der Waals surface area contributed by atoms with Crippen LogP contribution in [-0.4, -0.2) is 26.1 Å². The van der Waals surface area contributed by atoms with Gasteiger partial charge in [0.1, 0.15) is 11.3 Å². The van der Waals surface area contributed by atoms with Crippen LogP contribution in [0.3, 0.4) is 0 Å². The molecule has 2 aromatic heterocycles. The molecule has 0 aliphatic carbocycles. The molecule has 100 valence electrons. The predicted molar refractivity (Wildman–Crippen MR) is 76.6 cm³/mol. The van der Waals surface area contributed by atoms with Gasteiger partial charge in [-0.25, -0.2) is 10.1 Å². The lowest BCUT2D eigenvalue weighted by Crippen LogP contribution is -2.12. The van der Waals surface area contributed by atoms with Crippen LogP contribution in [0, 0.1) is 6.92 Å². The Bertz CT molecular complexity index is 718. The Morgan fingerprint density at radius 1 is 1.30 bits per heavy atom. The molecule has 2 N–H and O–H groups in total. The van der Waals surface area contributed by atoms with Gasteiger partial charge in [0.2, 0.25) is 5.95 Å². The lowest BCUT2D eigenvalue weighted by atomic mass is 10.1. The van der Waals surface area contributed by atoms with Crippen LogP contribution >= 0.6 is 11.3 Å². The molecule has 0 unspecified atom stereocenters. The average molecular weight is 285 g/mol. The van der Waals surface area contributed by atoms with E-state index in [1.165, 1.54) is 6.33 Å². The van der Waals surface area contributed by atoms with Crippen LogP contribution in [0.5, 0.6) is 0 Å². The number of carbonyl (C=O) groups is 1. The summed E-state index contributed by atoms with van der Waals surface area (Å²) >= 11 is 1.59. The topological polar surface area (TPSA) is 83.6 Å². The zero-order valence-electron chi connectivity index (χ0n) is 10.6. The summed E-state index contributed by atoms with van der Waals surface area (Å²) in [6, 6.07) is 7.29. The first-order valence-corrected chi connectivity index (χ1v) is 6.79. The standard InChI is InChI=1S/C13H11N5OS/c1-8-6-20-12(16-8)10-4-2-9(3-5-10)11(19)17-13-14-7-15-18-13/h2-7H,1H3,(H2,14,15,17,18,19). The molecular formula is C13H11N5OS. The molecule has 0 aliphatic heterocycles. The van der Waals surface area contributed by atoms with E-state index in [0.717, 1.165) is 16.3 Å². The fraction of sp³-hybridized carbons (Fsp3) is 0.0769. The van der Waals surface area contributed by atoms with Gasteiger partial charge in [0.05, 0.1) is 0 Å². The first-order chi connectivity index (χ1) is 9.72. The summed E-state index contributed by atoms with van der Waals surface area (Å²) in [5.41, 5.74) is 2.55. The van der Waals surface area contributed by atoms with Gasteiger partial charge in [-0.2, -0.15) is 10.1 Å². The van der Waals surface area contributed by atoms with E-state index in [9.17, 15) is 4.79 Å². The number of hydrogen-bond donors (Lipinski definition) is 2. The number of aryl methyl sites for hydroxylation is 1. The fourth-order valence-electron chi connectivity index (χ4n) is 1.70. The van der Waals surface area contributed by atoms with Gasteiger partial charge in [0.25, 0.3) is 5.91 Å². The molecule has 0 aliphatic rings. The molecule has 3 aromatic rings. The Morgan fingerprint density at radius 2 is 2.10 bits per heavy atom. The van der Waals surface area contributed by atoms with Crippen molar-refractivity contribution in [2.45, 2.75) is 6.92 Å². The summed E-state index contributed by atoms with van der Waals surface area (Å²) in [7, 11) is 0. The number of nitrogens with one attached hydrogen (secondary N) is 2. The van der Waals surface area contributed by atoms with Gasteiger partial charge in [0.15, 0.2) is 0 Å². The second kappa shape index (κ2) is 5.22. The van der Waals surface area contributed by atoms with Crippen LogP contribution in [0.4, 0.5) is 5.95 Å². The molecule has 1 amide bonds. The highest BCUT2D eigenvalue weighted by Crippen LogP contribution is 2.23. The lowest BCUT2D eigenvalue weighted by Gasteiger charge is -2.02. The molecule has 20 heavy (non-hydrogen) atoms. The van der Waals surface area contributed by atoms with Crippen LogP contribution in [0.15, 0.2) is 36.0 Å². The summed E-state index contributed by atoms with van der Waals surface area (Å²) in [6.45, 7) is 1.96. The van der Waals surface area contributed by atoms with Crippen molar-refractivity contribution in [1.82, 2.24) is 20.2 Å². The Labute approximate surface area is 118 Å². The van der Waals surface area contributed by atoms with Crippen molar-refractivity contribution in [3.63, 3.8) is 0 Å². The normalized spacial score (nSPS) is 10.4. The minimum atomic E-state index is -0.233. The van der Waals surface area contributed by atoms with Crippen molar-refractivity contribution >= 4 is 23.2 Å². The van der Waals surface area contributed by atoms with Gasteiger partial charge in [-0.15, -0.1) is 11.3 Å². The molecular weight excluding hydrogens is 274 g/mol. The predicted octanol–water partition coefficient (Wildman–Crippen LogP) is 2.49. The minimum Gasteiger partial charge on any atom is -0.291 e. The number of aromatic amines is 1. The first kappa shape index (κ1) is 12.5. The molecule has 2 heterocycles. The smallest absolute Gasteiger partial charge is 0.258 e. The highest BCUT2D eigenvalue weighted by atomic mass is 32.1. The van der Waals surface area contributed by atoms with Crippen LogP contribution in [0.2, 0.25) is 0 Å². The van der Waals surface area contributed by atoms with Crippen molar-refractivity contribution in [1.29, 1.82) is 0 Å². The third-order valence-electron chi connectivity index (χ3n) is 2.66. The maximum Gasteiger partial charge on any atom is 0.258 e. The van der Waals surface area contributed by atoms with Crippen LogP contribution in [0.25, 0.3) is 10.6 Å². The third kappa shape index (κ3) is 2.57. The number of thiazole rings is 1. The van der Waals surface area contributed by atoms with E-state index in [-0.39, 0.29) is 5.91 Å². The second-order valence-electron chi connectivity index (χ2n) is 4.16. The summed E-state index contributed by atoms with van der Waals surface area (Å²) in [5.74, 6) is 0.0956. The molecule has 0 radical (unpaired) electrons. The number of aromatic nitrogens is 4. The molecule has 3 rings (SSSR count). The number of hydrogen-bond acceptors (Lipinski definition) is 5. The van der Waals surface area contributed by atoms with E-state index in [1.54, 1.807) is 23.5 Å². The van der Waals surface area contributed by atoms with Gasteiger partial charge < -0.3 is 0 Å². The van der Waals surface area contributed by atoms with Crippen LogP contribution < -0.4 is 5.32 Å². The van der Waals surface area contributed by atoms with Crippen molar-refractivity contribution in [3.8, 4) is 10.6 Å². The highest BCUT2D eigenvalue weighted by Gasteiger charge is 2.08. The van der Waals surface area contributed by atoms with E-state index in [2.05, 4.69) is 25.5 Å². The van der Waals surface area contributed by atoms with Gasteiger partial charge in [-0.05, 0) is 19.1 Å². The monoisotopic (exact) mass is 285 g/mol. The first-order valence-electron chi connectivity index (χ1n) is 5.91. The third-order valence-corrected chi connectivity index (χ3v) is 3.67. The average Bonchev–Trinajstić information content (AvgIpc) is 3.10. The molecule has 0 spiro atoms. The molecule has 0 saturated heterocycles. The summed E-state index contributed by atoms with van der Waals surface area (Å²) in [5, 5.41) is 11.8. The van der Waals surface area contributed by atoms with E-state index in [1.807, 2.05) is 24.4 Å². The van der Waals surface area contributed by atoms with Gasteiger partial charge >= 0.3 is 0 Å². The van der Waals surface area contributed by atoms with Crippen LogP contribution in [-0.2, 0) is 0 Å². The summed E-state index contributed by atoms with van der Waals surface area (Å²) in [4.78, 5) is 20.2. The molecule has 7 heteroatoms. The summed E-state index contributed by atoms with van der Waals surface area (Å²) in [6.07, 6.45) is 1.34. The molecule has 0 saturated carbocycles. The summed E-state index contributed by atoms with van der Waals surface area (Å²) < 4.78 is 0. The minimum absolute atomic E-state index is 0.233. The quantitative estimate of drug-likeness (QED) is 0.774. The molecule has 1 aromatic carbocycles. The maximum absolute atomic E-state index is 12.0. The van der Waals surface area contributed by atoms with Gasteiger partial charge in [0, 0.05) is 22.2 Å². The lowest BCUT2D eigenvalue weighted by molar-refractivity contribution is 0.102. The number of nitrogens with zero attached hydrogens (tertiary/aromatic N) is 3. The zero-order valence-corrected chi connectivity index (χ0v) is 11.4. The Balaban J connectivity index is 1.77. The molecule has 0 atom stereocenters. The van der Waals surface area contributed by atoms with E-state index < -0.39 is 0 Å². The van der Waals surface area contributed by atoms with Crippen LogP contribution in [0.1, 0.15) is 16.1 Å². The maximum atomic E-state index is 12.0. The Kier molecular flexibility index (Phi) is 3.26. The SMILES string of the molecule is Cc1csc(-c2ccc(C(=O)Nc3ncn[nH]3)cc2)n1. The fourth-order valence-corrected chi connectivity index (χ4v) is 2.50. The van der Waals surface area contributed by atoms with Gasteiger partial charge in [-0.3, -0.25) is 10.1 Å². The number of amides is 1. The van der Waals surface area contributed by atoms with Crippen molar-refractivity contribution in [2.24, 2.45) is 0 Å². The van der Waals surface area contributed by atoms with Crippen molar-refractivity contribution < 1.29 is 4.79 Å². The largest absolute Gasteiger partial charge is 0.291 e. The van der Waals surface area contributed by atoms with E-state index in [4.69, 9.17) is 0 Å². The molecule has 6 nitrogen and oxygen atoms in total. The number of H-pyrrole nitrogens is 1. The van der Waals surface area contributed by atoms with E-state index >= 15 is 0 Å². The zero-order chi connectivity index (χ0) is 13.9.